The van der Waals surface area contributed by atoms with Crippen LogP contribution in [0.3, 0.4) is 0 Å². The Morgan fingerprint density at radius 2 is 2.50 bits per heavy atom. The highest BCUT2D eigenvalue weighted by atomic mass is 15.5. The summed E-state index contributed by atoms with van der Waals surface area (Å²) in [5.74, 6) is 0. The molecule has 5 heteroatoms. The molecular formula is C5H11N5. The maximum atomic E-state index is 5.53. The molecule has 0 fully saturated rings. The maximum Gasteiger partial charge on any atom is 0.138 e. The van der Waals surface area contributed by atoms with E-state index in [1.165, 1.54) is 0 Å². The van der Waals surface area contributed by atoms with Crippen molar-refractivity contribution in [2.75, 3.05) is 0 Å². The van der Waals surface area contributed by atoms with Crippen LogP contribution in [-0.4, -0.2) is 26.2 Å². The van der Waals surface area contributed by atoms with E-state index in [0.29, 0.717) is 0 Å². The van der Waals surface area contributed by atoms with Gasteiger partial charge in [-0.2, -0.15) is 0 Å². The van der Waals surface area contributed by atoms with Crippen LogP contribution in [0.2, 0.25) is 0 Å². The monoisotopic (exact) mass is 141 g/mol. The van der Waals surface area contributed by atoms with E-state index in [0.717, 1.165) is 13.0 Å². The highest BCUT2D eigenvalue weighted by Crippen LogP contribution is 1.88. The fourth-order valence-corrected chi connectivity index (χ4v) is 0.619. The summed E-state index contributed by atoms with van der Waals surface area (Å²) in [5.41, 5.74) is 5.53. The maximum absolute atomic E-state index is 5.53. The average molecular weight is 141 g/mol. The van der Waals surface area contributed by atoms with Gasteiger partial charge in [-0.05, 0) is 23.8 Å². The van der Waals surface area contributed by atoms with Gasteiger partial charge in [0.25, 0.3) is 0 Å². The fraction of sp³-hybridized carbons (Fsp3) is 0.800. The normalized spacial score (nSPS) is 13.4. The molecule has 10 heavy (non-hydrogen) atoms. The number of aryl methyl sites for hydroxylation is 1. The molecule has 1 aromatic rings. The van der Waals surface area contributed by atoms with E-state index in [9.17, 15) is 0 Å². The van der Waals surface area contributed by atoms with Crippen LogP contribution < -0.4 is 5.73 Å². The van der Waals surface area contributed by atoms with Crippen LogP contribution in [0.4, 0.5) is 0 Å². The first kappa shape index (κ1) is 7.14. The Morgan fingerprint density at radius 1 is 1.70 bits per heavy atom. The Bertz CT molecular complexity index is 168. The zero-order valence-electron chi connectivity index (χ0n) is 5.94. The number of hydrogen-bond donors (Lipinski definition) is 1. The van der Waals surface area contributed by atoms with Gasteiger partial charge in [0, 0.05) is 12.6 Å². The predicted octanol–water partition coefficient (Wildman–Crippen LogP) is -0.590. The predicted molar refractivity (Wildman–Crippen MR) is 36.1 cm³/mol. The van der Waals surface area contributed by atoms with Gasteiger partial charge >= 0.3 is 0 Å². The lowest BCUT2D eigenvalue weighted by atomic mass is 10.2. The molecule has 1 atom stereocenters. The first-order valence-electron chi connectivity index (χ1n) is 3.25. The Morgan fingerprint density at radius 3 is 3.00 bits per heavy atom. The van der Waals surface area contributed by atoms with Gasteiger partial charge in [0.1, 0.15) is 6.33 Å². The molecule has 0 amide bonds. The minimum Gasteiger partial charge on any atom is -0.328 e. The van der Waals surface area contributed by atoms with Crippen LogP contribution in [0.25, 0.3) is 0 Å². The lowest BCUT2D eigenvalue weighted by Gasteiger charge is -2.01. The van der Waals surface area contributed by atoms with E-state index in [1.54, 1.807) is 11.0 Å². The molecule has 0 radical (unpaired) electrons. The molecule has 0 aliphatic heterocycles. The zero-order valence-corrected chi connectivity index (χ0v) is 5.94. The first-order chi connectivity index (χ1) is 4.79. The van der Waals surface area contributed by atoms with E-state index >= 15 is 0 Å². The number of hydrogen-bond acceptors (Lipinski definition) is 4. The van der Waals surface area contributed by atoms with Crippen molar-refractivity contribution in [3.63, 3.8) is 0 Å². The minimum absolute atomic E-state index is 0.212. The molecule has 2 N–H and O–H groups in total. The van der Waals surface area contributed by atoms with Gasteiger partial charge in [-0.3, -0.25) is 0 Å². The van der Waals surface area contributed by atoms with Crippen LogP contribution in [0, 0.1) is 0 Å². The molecule has 0 saturated heterocycles. The van der Waals surface area contributed by atoms with Crippen molar-refractivity contribution in [3.05, 3.63) is 6.33 Å². The summed E-state index contributed by atoms with van der Waals surface area (Å²) in [7, 11) is 0. The van der Waals surface area contributed by atoms with Crippen LogP contribution in [0.5, 0.6) is 0 Å². The van der Waals surface area contributed by atoms with E-state index in [2.05, 4.69) is 15.5 Å². The molecule has 0 saturated carbocycles. The van der Waals surface area contributed by atoms with E-state index in [-0.39, 0.29) is 6.04 Å². The molecule has 1 aromatic heterocycles. The topological polar surface area (TPSA) is 69.6 Å². The van der Waals surface area contributed by atoms with E-state index in [1.807, 2.05) is 6.92 Å². The summed E-state index contributed by atoms with van der Waals surface area (Å²) < 4.78 is 1.67. The van der Waals surface area contributed by atoms with Gasteiger partial charge in [0.05, 0.1) is 0 Å². The Balaban J connectivity index is 2.28. The lowest BCUT2D eigenvalue weighted by molar-refractivity contribution is 0.517. The third-order valence-electron chi connectivity index (χ3n) is 1.20. The number of rotatable bonds is 3. The third-order valence-corrected chi connectivity index (χ3v) is 1.20. The van der Waals surface area contributed by atoms with E-state index in [4.69, 9.17) is 5.73 Å². The SMILES string of the molecule is CC(N)CCn1cnnn1. The number of nitrogens with two attached hydrogens (primary N) is 1. The van der Waals surface area contributed by atoms with Crippen molar-refractivity contribution in [2.45, 2.75) is 25.9 Å². The second-order valence-corrected chi connectivity index (χ2v) is 2.34. The zero-order chi connectivity index (χ0) is 7.40. The van der Waals surface area contributed by atoms with Gasteiger partial charge in [-0.15, -0.1) is 5.10 Å². The molecule has 1 heterocycles. The number of nitrogens with zero attached hydrogens (tertiary/aromatic N) is 4. The van der Waals surface area contributed by atoms with Crippen molar-refractivity contribution < 1.29 is 0 Å². The van der Waals surface area contributed by atoms with Crippen LogP contribution in [0.1, 0.15) is 13.3 Å². The third kappa shape index (κ3) is 2.10. The van der Waals surface area contributed by atoms with Crippen molar-refractivity contribution in [2.24, 2.45) is 5.73 Å². The summed E-state index contributed by atoms with van der Waals surface area (Å²) in [4.78, 5) is 0. The lowest BCUT2D eigenvalue weighted by Crippen LogP contribution is -2.17. The van der Waals surface area contributed by atoms with Crippen molar-refractivity contribution in [3.8, 4) is 0 Å². The quantitative estimate of drug-likeness (QED) is 0.610. The Hall–Kier alpha value is -0.970. The molecule has 56 valence electrons. The summed E-state index contributed by atoms with van der Waals surface area (Å²) in [6.07, 6.45) is 2.49. The minimum atomic E-state index is 0.212. The van der Waals surface area contributed by atoms with Crippen LogP contribution in [-0.2, 0) is 6.54 Å². The molecule has 5 nitrogen and oxygen atoms in total. The highest BCUT2D eigenvalue weighted by molar-refractivity contribution is 4.54. The standard InChI is InChI=1S/C5H11N5/c1-5(6)2-3-10-4-7-8-9-10/h4-5H,2-3,6H2,1H3. The molecule has 0 spiro atoms. The summed E-state index contributed by atoms with van der Waals surface area (Å²) in [6.45, 7) is 2.76. The Kier molecular flexibility index (Phi) is 2.33. The fourth-order valence-electron chi connectivity index (χ4n) is 0.619. The number of tetrazole rings is 1. The van der Waals surface area contributed by atoms with E-state index < -0.39 is 0 Å². The van der Waals surface area contributed by atoms with Gasteiger partial charge in [-0.25, -0.2) is 4.68 Å². The number of aromatic nitrogens is 4. The molecule has 0 bridgehead atoms. The highest BCUT2D eigenvalue weighted by Gasteiger charge is 1.95. The van der Waals surface area contributed by atoms with Gasteiger partial charge in [0.2, 0.25) is 0 Å². The second-order valence-electron chi connectivity index (χ2n) is 2.34. The van der Waals surface area contributed by atoms with Crippen molar-refractivity contribution >= 4 is 0 Å². The van der Waals surface area contributed by atoms with Gasteiger partial charge < -0.3 is 5.73 Å². The van der Waals surface area contributed by atoms with Crippen LogP contribution >= 0.6 is 0 Å². The summed E-state index contributed by atoms with van der Waals surface area (Å²) in [6, 6.07) is 0.212. The molecule has 1 rings (SSSR count). The second kappa shape index (κ2) is 3.26. The molecule has 1 unspecified atom stereocenters. The molecule has 0 aliphatic rings. The van der Waals surface area contributed by atoms with Crippen molar-refractivity contribution in [1.29, 1.82) is 0 Å². The molecule has 0 aromatic carbocycles. The molecule has 0 aliphatic carbocycles. The summed E-state index contributed by atoms with van der Waals surface area (Å²) in [5, 5.41) is 10.7. The summed E-state index contributed by atoms with van der Waals surface area (Å²) >= 11 is 0. The smallest absolute Gasteiger partial charge is 0.138 e. The van der Waals surface area contributed by atoms with Gasteiger partial charge in [0.15, 0.2) is 0 Å². The van der Waals surface area contributed by atoms with Crippen LogP contribution in [0.15, 0.2) is 6.33 Å². The average Bonchev–Trinajstić information content (AvgIpc) is 2.34. The first-order valence-corrected chi connectivity index (χ1v) is 3.25. The van der Waals surface area contributed by atoms with Crippen molar-refractivity contribution in [1.82, 2.24) is 20.2 Å². The molecular weight excluding hydrogens is 130 g/mol. The largest absolute Gasteiger partial charge is 0.328 e. The Labute approximate surface area is 59.2 Å². The van der Waals surface area contributed by atoms with Gasteiger partial charge in [-0.1, -0.05) is 0 Å².